The highest BCUT2D eigenvalue weighted by atomic mass is 79.9. The second-order valence-corrected chi connectivity index (χ2v) is 10.8. The Morgan fingerprint density at radius 1 is 1.20 bits per heavy atom. The number of carbonyl (C=O) groups is 4. The van der Waals surface area contributed by atoms with E-state index >= 15 is 4.39 Å². The first kappa shape index (κ1) is 32.1. The molecule has 1 aromatic carbocycles. The number of pyridine rings is 1. The van der Waals surface area contributed by atoms with Crippen LogP contribution in [-0.4, -0.2) is 58.1 Å². The first-order valence-corrected chi connectivity index (χ1v) is 14.1. The Morgan fingerprint density at radius 2 is 1.90 bits per heavy atom. The second kappa shape index (κ2) is 14.0. The number of aliphatic hydroxyl groups is 1. The van der Waals surface area contributed by atoms with Gasteiger partial charge in [-0.15, -0.1) is 0 Å². The van der Waals surface area contributed by atoms with Gasteiger partial charge in [0.1, 0.15) is 23.4 Å². The number of Topliss-reactive ketones (excluding diaryl/α,β-unsaturated/α-hetero) is 2. The molecule has 2 amide bonds. The van der Waals surface area contributed by atoms with Crippen LogP contribution in [0.15, 0.2) is 34.9 Å². The number of ketones is 2. The zero-order chi connectivity index (χ0) is 30.4. The first-order valence-electron chi connectivity index (χ1n) is 13.3. The van der Waals surface area contributed by atoms with Crippen LogP contribution >= 0.6 is 15.9 Å². The lowest BCUT2D eigenvalue weighted by Crippen LogP contribution is -2.43. The number of nitrogens with two attached hydrogens (primary N) is 1. The molecule has 4 unspecified atom stereocenters. The molecule has 1 aromatic heterocycles. The van der Waals surface area contributed by atoms with Crippen LogP contribution in [0, 0.1) is 11.7 Å². The fourth-order valence-corrected chi connectivity index (χ4v) is 4.30. The minimum absolute atomic E-state index is 0.0339. The summed E-state index contributed by atoms with van der Waals surface area (Å²) < 4.78 is 26.6. The number of aliphatic hydroxyl groups excluding tert-OH is 1. The molecular weight excluding hydrogens is 603 g/mol. The molecule has 0 spiro atoms. The fraction of sp³-hybridized carbons (Fsp3) is 0.464. The first-order chi connectivity index (χ1) is 19.4. The van der Waals surface area contributed by atoms with Crippen molar-refractivity contribution in [3.05, 3.63) is 51.9 Å². The highest BCUT2D eigenvalue weighted by molar-refractivity contribution is 9.10. The molecule has 1 saturated carbocycles. The molecular formula is C28H34BrFN4O7. The van der Waals surface area contributed by atoms with Crippen molar-refractivity contribution in [1.29, 1.82) is 0 Å². The molecule has 11 nitrogen and oxygen atoms in total. The number of nitrogens with zero attached hydrogens (tertiary/aromatic N) is 1. The van der Waals surface area contributed by atoms with Crippen molar-refractivity contribution in [2.75, 3.05) is 5.32 Å². The van der Waals surface area contributed by atoms with Gasteiger partial charge in [0.2, 0.25) is 5.78 Å². The quantitative estimate of drug-likeness (QED) is 0.145. The van der Waals surface area contributed by atoms with Gasteiger partial charge >= 0.3 is 12.0 Å². The molecule has 1 fully saturated rings. The third-order valence-corrected chi connectivity index (χ3v) is 7.38. The Hall–Kier alpha value is -3.42. The summed E-state index contributed by atoms with van der Waals surface area (Å²) in [5.74, 6) is -3.80. The Labute approximate surface area is 245 Å². The van der Waals surface area contributed by atoms with Crippen molar-refractivity contribution < 1.29 is 38.1 Å². The number of halogens is 2. The van der Waals surface area contributed by atoms with E-state index in [1.807, 2.05) is 6.92 Å². The second-order valence-electron chi connectivity index (χ2n) is 9.89. The predicted octanol–water partition coefficient (Wildman–Crippen LogP) is 3.82. The highest BCUT2D eigenvalue weighted by Gasteiger charge is 2.44. The van der Waals surface area contributed by atoms with Gasteiger partial charge in [0.25, 0.3) is 6.29 Å². The maximum atomic E-state index is 15.2. The lowest BCUT2D eigenvalue weighted by atomic mass is 9.99. The van der Waals surface area contributed by atoms with Gasteiger partial charge in [-0.25, -0.2) is 14.2 Å². The highest BCUT2D eigenvalue weighted by Crippen LogP contribution is 2.47. The number of ether oxygens (including phenoxy) is 2. The van der Waals surface area contributed by atoms with Crippen molar-refractivity contribution in [2.24, 2.45) is 11.7 Å². The van der Waals surface area contributed by atoms with Gasteiger partial charge in [0, 0.05) is 34.6 Å². The molecule has 6 atom stereocenters. The number of hydrogen-bond donors (Lipinski definition) is 4. The van der Waals surface area contributed by atoms with Crippen molar-refractivity contribution in [2.45, 2.75) is 77.4 Å². The van der Waals surface area contributed by atoms with Crippen LogP contribution in [0.5, 0.6) is 5.75 Å². The molecule has 3 rings (SSSR count). The number of carbonyl (C=O) groups excluding carboxylic acids is 4. The number of esters is 1. The lowest BCUT2D eigenvalue weighted by Gasteiger charge is -2.23. The van der Waals surface area contributed by atoms with Gasteiger partial charge in [0.15, 0.2) is 11.9 Å². The van der Waals surface area contributed by atoms with Crippen molar-refractivity contribution in [3.63, 3.8) is 0 Å². The largest absolute Gasteiger partial charge is 0.456 e. The zero-order valence-electron chi connectivity index (χ0n) is 23.1. The average Bonchev–Trinajstić information content (AvgIpc) is 3.70. The van der Waals surface area contributed by atoms with E-state index in [4.69, 9.17) is 15.2 Å². The zero-order valence-corrected chi connectivity index (χ0v) is 24.7. The fourth-order valence-electron chi connectivity index (χ4n) is 4.07. The van der Waals surface area contributed by atoms with Gasteiger partial charge in [-0.1, -0.05) is 27.2 Å². The number of rotatable bonds is 13. The number of nitrogens with one attached hydrogen (secondary N) is 2. The molecule has 0 aliphatic heterocycles. The van der Waals surface area contributed by atoms with Crippen LogP contribution < -0.4 is 21.1 Å². The molecule has 1 aliphatic carbocycles. The predicted molar refractivity (Wildman–Crippen MR) is 151 cm³/mol. The van der Waals surface area contributed by atoms with Crippen molar-refractivity contribution >= 4 is 45.3 Å². The minimum Gasteiger partial charge on any atom is -0.456 e. The van der Waals surface area contributed by atoms with E-state index in [0.29, 0.717) is 18.7 Å². The van der Waals surface area contributed by atoms with E-state index in [1.165, 1.54) is 19.2 Å². The monoisotopic (exact) mass is 636 g/mol. The number of amides is 2. The number of aromatic nitrogens is 1. The standard InChI is InChI=1S/C28H34BrFN4O7/c1-5-13(3)23(31)26(37)40-14(4)24(36)27(38)41-25-16(20(35)6-2)8-9-18(30)22(25)17-11-19(17)33-28(39)34-21-10-7-15(29)12-32-21/h7-10,12-14,17,19,23,27,38H,5-6,11,31H2,1-4H3,(H2,32,33,34,39)/t13-,14?,17?,19?,23-,27?/m0/s1. The summed E-state index contributed by atoms with van der Waals surface area (Å²) in [6.45, 7) is 6.46. The van der Waals surface area contributed by atoms with Crippen molar-refractivity contribution in [3.8, 4) is 5.75 Å². The summed E-state index contributed by atoms with van der Waals surface area (Å²) in [7, 11) is 0. The van der Waals surface area contributed by atoms with Gasteiger partial charge in [-0.2, -0.15) is 0 Å². The number of anilines is 1. The smallest absolute Gasteiger partial charge is 0.323 e. The normalized spacial score (nSPS) is 18.8. The molecule has 1 aliphatic rings. The van der Waals surface area contributed by atoms with Crippen LogP contribution in [0.1, 0.15) is 68.8 Å². The minimum atomic E-state index is -2.18. The topological polar surface area (TPSA) is 170 Å². The maximum absolute atomic E-state index is 15.2. The summed E-state index contributed by atoms with van der Waals surface area (Å²) in [5, 5.41) is 15.9. The van der Waals surface area contributed by atoms with Crippen LogP contribution in [0.2, 0.25) is 0 Å². The SMILES string of the molecule is CCC(=O)c1ccc(F)c(C2CC2NC(=O)Nc2ccc(Br)cn2)c1OC(O)C(=O)C(C)OC(=O)[C@@H](N)[C@@H](C)CC. The molecule has 13 heteroatoms. The van der Waals surface area contributed by atoms with Gasteiger partial charge < -0.3 is 25.6 Å². The van der Waals surface area contributed by atoms with Gasteiger partial charge in [-0.05, 0) is 59.5 Å². The number of hydrogen-bond acceptors (Lipinski definition) is 9. The van der Waals surface area contributed by atoms with Crippen LogP contribution in [-0.2, 0) is 14.3 Å². The third kappa shape index (κ3) is 8.08. The summed E-state index contributed by atoms with van der Waals surface area (Å²) in [6, 6.07) is 3.54. The average molecular weight is 638 g/mol. The van der Waals surface area contributed by atoms with E-state index < -0.39 is 59.8 Å². The summed E-state index contributed by atoms with van der Waals surface area (Å²) in [6.07, 6.45) is -1.13. The molecule has 41 heavy (non-hydrogen) atoms. The molecule has 0 radical (unpaired) electrons. The number of urea groups is 1. The van der Waals surface area contributed by atoms with E-state index in [0.717, 1.165) is 10.5 Å². The maximum Gasteiger partial charge on any atom is 0.323 e. The van der Waals surface area contributed by atoms with Crippen LogP contribution in [0.4, 0.5) is 15.0 Å². The Kier molecular flexibility index (Phi) is 10.9. The lowest BCUT2D eigenvalue weighted by molar-refractivity contribution is -0.165. The Bertz CT molecular complexity index is 1290. The summed E-state index contributed by atoms with van der Waals surface area (Å²) in [5.41, 5.74) is 5.77. The van der Waals surface area contributed by atoms with E-state index in [9.17, 15) is 24.3 Å². The Morgan fingerprint density at radius 3 is 2.51 bits per heavy atom. The molecule has 0 saturated heterocycles. The Balaban J connectivity index is 1.77. The number of benzene rings is 1. The van der Waals surface area contributed by atoms with Crippen LogP contribution in [0.3, 0.4) is 0 Å². The van der Waals surface area contributed by atoms with Gasteiger partial charge in [-0.3, -0.25) is 19.7 Å². The summed E-state index contributed by atoms with van der Waals surface area (Å²) in [4.78, 5) is 54.4. The molecule has 1 heterocycles. The van der Waals surface area contributed by atoms with Crippen molar-refractivity contribution in [1.82, 2.24) is 10.3 Å². The third-order valence-electron chi connectivity index (χ3n) is 6.91. The molecule has 222 valence electrons. The summed E-state index contributed by atoms with van der Waals surface area (Å²) >= 11 is 3.26. The van der Waals surface area contributed by atoms with E-state index in [2.05, 4.69) is 31.5 Å². The molecule has 2 aromatic rings. The van der Waals surface area contributed by atoms with E-state index in [-0.39, 0.29) is 29.2 Å². The van der Waals surface area contributed by atoms with E-state index in [1.54, 1.807) is 26.0 Å². The molecule has 0 bridgehead atoms. The molecule has 5 N–H and O–H groups in total. The van der Waals surface area contributed by atoms with Gasteiger partial charge in [0.05, 0.1) is 5.56 Å². The van der Waals surface area contributed by atoms with Crippen LogP contribution in [0.25, 0.3) is 0 Å².